The predicted molar refractivity (Wildman–Crippen MR) is 75.0 cm³/mol. The van der Waals surface area contributed by atoms with E-state index in [1.54, 1.807) is 25.1 Å². The normalized spacial score (nSPS) is 12.3. The number of hydrogen-bond acceptors (Lipinski definition) is 3. The van der Waals surface area contributed by atoms with E-state index in [1.807, 2.05) is 24.9 Å². The summed E-state index contributed by atoms with van der Waals surface area (Å²) < 4.78 is 13.8. The van der Waals surface area contributed by atoms with Crippen LogP contribution >= 0.6 is 11.6 Å². The van der Waals surface area contributed by atoms with Crippen molar-refractivity contribution in [2.24, 2.45) is 0 Å². The molecule has 1 heterocycles. The van der Waals surface area contributed by atoms with Gasteiger partial charge in [0.05, 0.1) is 6.04 Å². The molecule has 0 N–H and O–H groups in total. The fourth-order valence-electron chi connectivity index (χ4n) is 1.92. The molecule has 1 unspecified atom stereocenters. The first-order valence-electron chi connectivity index (χ1n) is 5.97. The average molecular weight is 280 g/mol. The molecule has 0 saturated carbocycles. The minimum atomic E-state index is -0.223. The van der Waals surface area contributed by atoms with E-state index in [2.05, 4.69) is 9.97 Å². The molecule has 0 fully saturated rings. The number of nitrogens with zero attached hydrogens (tertiary/aromatic N) is 3. The van der Waals surface area contributed by atoms with Crippen LogP contribution in [0.3, 0.4) is 0 Å². The lowest BCUT2D eigenvalue weighted by molar-refractivity contribution is 0.584. The summed E-state index contributed by atoms with van der Waals surface area (Å²) in [5.41, 5.74) is 0.623. The Kier molecular flexibility index (Phi) is 4.00. The number of anilines is 1. The van der Waals surface area contributed by atoms with Crippen LogP contribution in [0.5, 0.6) is 0 Å². The smallest absolute Gasteiger partial charge is 0.134 e. The number of aromatic nitrogens is 2. The molecule has 0 radical (unpaired) electrons. The summed E-state index contributed by atoms with van der Waals surface area (Å²) in [6, 6.07) is 8.25. The molecule has 19 heavy (non-hydrogen) atoms. The standard InChI is InChI=1S/C14H15ClFN3/c1-9(11-6-4-5-7-12(11)16)19(3)14-8-13(15)17-10(2)18-14/h4-9H,1-3H3. The summed E-state index contributed by atoms with van der Waals surface area (Å²) in [6.07, 6.45) is 0. The van der Waals surface area contributed by atoms with E-state index in [0.717, 1.165) is 0 Å². The van der Waals surface area contributed by atoms with Gasteiger partial charge in [-0.2, -0.15) is 0 Å². The maximum Gasteiger partial charge on any atom is 0.134 e. The molecule has 0 spiro atoms. The second kappa shape index (κ2) is 5.53. The summed E-state index contributed by atoms with van der Waals surface area (Å²) in [6.45, 7) is 3.70. The van der Waals surface area contributed by atoms with E-state index < -0.39 is 0 Å². The first kappa shape index (κ1) is 13.7. The Balaban J connectivity index is 2.33. The molecule has 0 aliphatic carbocycles. The largest absolute Gasteiger partial charge is 0.353 e. The highest BCUT2D eigenvalue weighted by molar-refractivity contribution is 6.29. The summed E-state index contributed by atoms with van der Waals surface area (Å²) >= 11 is 5.92. The third-order valence-corrected chi connectivity index (χ3v) is 3.28. The van der Waals surface area contributed by atoms with Crippen molar-refractivity contribution in [1.29, 1.82) is 0 Å². The molecule has 0 aliphatic heterocycles. The molecular formula is C14H15ClFN3. The minimum absolute atomic E-state index is 0.147. The van der Waals surface area contributed by atoms with Crippen molar-refractivity contribution in [2.45, 2.75) is 19.9 Å². The zero-order chi connectivity index (χ0) is 14.0. The summed E-state index contributed by atoms with van der Waals surface area (Å²) in [7, 11) is 1.86. The van der Waals surface area contributed by atoms with Gasteiger partial charge in [-0.15, -0.1) is 0 Å². The molecule has 100 valence electrons. The third-order valence-electron chi connectivity index (χ3n) is 3.09. The van der Waals surface area contributed by atoms with Crippen molar-refractivity contribution in [3.05, 3.63) is 52.7 Å². The van der Waals surface area contributed by atoms with Gasteiger partial charge < -0.3 is 4.90 Å². The van der Waals surface area contributed by atoms with Gasteiger partial charge in [-0.1, -0.05) is 29.8 Å². The molecule has 0 saturated heterocycles. The Morgan fingerprint density at radius 1 is 1.26 bits per heavy atom. The first-order valence-corrected chi connectivity index (χ1v) is 6.35. The van der Waals surface area contributed by atoms with Crippen LogP contribution in [-0.4, -0.2) is 17.0 Å². The van der Waals surface area contributed by atoms with Gasteiger partial charge in [-0.05, 0) is 19.9 Å². The van der Waals surface area contributed by atoms with Crippen LogP contribution in [0.1, 0.15) is 24.4 Å². The van der Waals surface area contributed by atoms with E-state index in [-0.39, 0.29) is 11.9 Å². The van der Waals surface area contributed by atoms with Crippen molar-refractivity contribution < 1.29 is 4.39 Å². The highest BCUT2D eigenvalue weighted by Gasteiger charge is 2.17. The molecule has 1 atom stereocenters. The highest BCUT2D eigenvalue weighted by atomic mass is 35.5. The van der Waals surface area contributed by atoms with Crippen LogP contribution in [0.15, 0.2) is 30.3 Å². The van der Waals surface area contributed by atoms with Crippen molar-refractivity contribution in [2.75, 3.05) is 11.9 Å². The Morgan fingerprint density at radius 3 is 2.58 bits per heavy atom. The van der Waals surface area contributed by atoms with Crippen LogP contribution in [0.2, 0.25) is 5.15 Å². The second-order valence-corrected chi connectivity index (χ2v) is 4.79. The Labute approximate surface area is 117 Å². The fraction of sp³-hybridized carbons (Fsp3) is 0.286. The SMILES string of the molecule is Cc1nc(Cl)cc(N(C)C(C)c2ccccc2F)n1. The van der Waals surface area contributed by atoms with Crippen LogP contribution in [-0.2, 0) is 0 Å². The fourth-order valence-corrected chi connectivity index (χ4v) is 2.14. The van der Waals surface area contributed by atoms with E-state index in [0.29, 0.717) is 22.4 Å². The molecular weight excluding hydrogens is 265 g/mol. The van der Waals surface area contributed by atoms with E-state index >= 15 is 0 Å². The van der Waals surface area contributed by atoms with Gasteiger partial charge in [0.2, 0.25) is 0 Å². The number of hydrogen-bond donors (Lipinski definition) is 0. The third kappa shape index (κ3) is 3.01. The summed E-state index contributed by atoms with van der Waals surface area (Å²) in [4.78, 5) is 10.2. The van der Waals surface area contributed by atoms with Crippen LogP contribution in [0.4, 0.5) is 10.2 Å². The van der Waals surface area contributed by atoms with Crippen LogP contribution in [0, 0.1) is 12.7 Å². The molecule has 0 amide bonds. The van der Waals surface area contributed by atoms with Gasteiger partial charge in [0, 0.05) is 18.7 Å². The quantitative estimate of drug-likeness (QED) is 0.801. The van der Waals surface area contributed by atoms with Gasteiger partial charge in [-0.3, -0.25) is 0 Å². The van der Waals surface area contributed by atoms with Crippen molar-refractivity contribution in [1.82, 2.24) is 9.97 Å². The monoisotopic (exact) mass is 279 g/mol. The maximum atomic E-state index is 13.8. The molecule has 1 aromatic heterocycles. The number of halogens is 2. The predicted octanol–water partition coefficient (Wildman–Crippen LogP) is 3.77. The van der Waals surface area contributed by atoms with E-state index in [4.69, 9.17) is 11.6 Å². The average Bonchev–Trinajstić information content (AvgIpc) is 2.36. The molecule has 2 aromatic rings. The topological polar surface area (TPSA) is 29.0 Å². The number of aryl methyl sites for hydroxylation is 1. The number of benzene rings is 1. The zero-order valence-electron chi connectivity index (χ0n) is 11.1. The van der Waals surface area contributed by atoms with E-state index in [1.165, 1.54) is 6.07 Å². The maximum absolute atomic E-state index is 13.8. The lowest BCUT2D eigenvalue weighted by Gasteiger charge is -2.26. The van der Waals surface area contributed by atoms with Gasteiger partial charge >= 0.3 is 0 Å². The molecule has 0 aliphatic rings. The van der Waals surface area contributed by atoms with Gasteiger partial charge in [0.15, 0.2) is 0 Å². The highest BCUT2D eigenvalue weighted by Crippen LogP contribution is 2.26. The summed E-state index contributed by atoms with van der Waals surface area (Å²) in [5.74, 6) is 1.04. The first-order chi connectivity index (χ1) is 8.99. The molecule has 2 rings (SSSR count). The van der Waals surface area contributed by atoms with Crippen LogP contribution in [0.25, 0.3) is 0 Å². The Hall–Kier alpha value is -1.68. The van der Waals surface area contributed by atoms with Gasteiger partial charge in [0.25, 0.3) is 0 Å². The minimum Gasteiger partial charge on any atom is -0.353 e. The second-order valence-electron chi connectivity index (χ2n) is 4.40. The summed E-state index contributed by atoms with van der Waals surface area (Å²) in [5, 5.41) is 0.384. The molecule has 0 bridgehead atoms. The Bertz CT molecular complexity index is 568. The lowest BCUT2D eigenvalue weighted by Crippen LogP contribution is -2.23. The van der Waals surface area contributed by atoms with Crippen LogP contribution < -0.4 is 4.90 Å². The zero-order valence-corrected chi connectivity index (χ0v) is 11.8. The lowest BCUT2D eigenvalue weighted by atomic mass is 10.1. The molecule has 3 nitrogen and oxygen atoms in total. The van der Waals surface area contributed by atoms with E-state index in [9.17, 15) is 4.39 Å². The Morgan fingerprint density at radius 2 is 1.95 bits per heavy atom. The van der Waals surface area contributed by atoms with Gasteiger partial charge in [0.1, 0.15) is 22.6 Å². The number of rotatable bonds is 3. The molecule has 5 heteroatoms. The van der Waals surface area contributed by atoms with Gasteiger partial charge in [-0.25, -0.2) is 14.4 Å². The van der Waals surface area contributed by atoms with Crippen molar-refractivity contribution in [3.63, 3.8) is 0 Å². The van der Waals surface area contributed by atoms with Crippen molar-refractivity contribution in [3.8, 4) is 0 Å². The molecule has 1 aromatic carbocycles. The van der Waals surface area contributed by atoms with Crippen molar-refractivity contribution >= 4 is 17.4 Å².